The zero-order valence-electron chi connectivity index (χ0n) is 17.2. The molecule has 0 unspecified atom stereocenters. The van der Waals surface area contributed by atoms with E-state index in [0.29, 0.717) is 5.95 Å². The summed E-state index contributed by atoms with van der Waals surface area (Å²) in [6, 6.07) is 24.2. The van der Waals surface area contributed by atoms with Crippen LogP contribution in [-0.4, -0.2) is 21.9 Å². The Hall–Kier alpha value is -3.58. The van der Waals surface area contributed by atoms with Gasteiger partial charge in [-0.2, -0.15) is 10.1 Å². The summed E-state index contributed by atoms with van der Waals surface area (Å²) in [5, 5.41) is 8.09. The first-order valence-electron chi connectivity index (χ1n) is 10.3. The number of ether oxygens (including phenoxy) is 2. The summed E-state index contributed by atoms with van der Waals surface area (Å²) < 4.78 is 15.1. The zero-order chi connectivity index (χ0) is 21.7. The van der Waals surface area contributed by atoms with E-state index >= 15 is 0 Å². The molecule has 158 valence electrons. The molecule has 0 radical (unpaired) electrons. The predicted octanol–water partition coefficient (Wildman–Crippen LogP) is 5.61. The summed E-state index contributed by atoms with van der Waals surface area (Å²) in [5.74, 6) is 2.32. The number of aromatic nitrogens is 3. The van der Waals surface area contributed by atoms with Crippen LogP contribution in [0, 0.1) is 0 Å². The Morgan fingerprint density at radius 2 is 1.84 bits per heavy atom. The Morgan fingerprint density at radius 1 is 1.00 bits per heavy atom. The van der Waals surface area contributed by atoms with Crippen molar-refractivity contribution < 1.29 is 9.47 Å². The van der Waals surface area contributed by atoms with Crippen molar-refractivity contribution in [3.05, 3.63) is 106 Å². The summed E-state index contributed by atoms with van der Waals surface area (Å²) in [6.07, 6.45) is 1.27. The van der Waals surface area contributed by atoms with E-state index in [-0.39, 0.29) is 12.1 Å². The zero-order valence-corrected chi connectivity index (χ0v) is 18.8. The normalized spacial score (nSPS) is 18.7. The number of benzene rings is 3. The molecule has 0 fully saturated rings. The maximum Gasteiger partial charge on any atom is 0.226 e. The highest BCUT2D eigenvalue weighted by Crippen LogP contribution is 2.50. The van der Waals surface area contributed by atoms with Crippen molar-refractivity contribution in [2.75, 3.05) is 12.4 Å². The van der Waals surface area contributed by atoms with Gasteiger partial charge in [-0.1, -0.05) is 52.3 Å². The lowest BCUT2D eigenvalue weighted by Gasteiger charge is -2.39. The first kappa shape index (κ1) is 19.1. The third-order valence-electron chi connectivity index (χ3n) is 5.88. The molecule has 2 aliphatic rings. The summed E-state index contributed by atoms with van der Waals surface area (Å²) in [6.45, 7) is 0. The van der Waals surface area contributed by atoms with E-state index in [1.54, 1.807) is 13.4 Å². The highest BCUT2D eigenvalue weighted by molar-refractivity contribution is 9.10. The number of para-hydroxylation sites is 1. The van der Waals surface area contributed by atoms with Gasteiger partial charge in [-0.3, -0.25) is 0 Å². The van der Waals surface area contributed by atoms with Crippen LogP contribution in [0.15, 0.2) is 89.2 Å². The summed E-state index contributed by atoms with van der Waals surface area (Å²) in [4.78, 5) is 4.48. The van der Waals surface area contributed by atoms with Crippen LogP contribution >= 0.6 is 15.9 Å². The number of hydrogen-bond acceptors (Lipinski definition) is 5. The maximum atomic E-state index is 6.63. The molecule has 2 aliphatic heterocycles. The minimum atomic E-state index is -0.307. The lowest BCUT2D eigenvalue weighted by molar-refractivity contribution is 0.223. The molecule has 0 amide bonds. The van der Waals surface area contributed by atoms with Crippen molar-refractivity contribution >= 4 is 27.6 Å². The van der Waals surface area contributed by atoms with E-state index in [1.807, 2.05) is 53.2 Å². The number of nitrogens with zero attached hydrogens (tertiary/aromatic N) is 3. The molecule has 0 saturated heterocycles. The molecule has 3 heterocycles. The van der Waals surface area contributed by atoms with Crippen LogP contribution in [0.3, 0.4) is 0 Å². The Bertz CT molecular complexity index is 1360. The molecule has 3 aromatic carbocycles. The van der Waals surface area contributed by atoms with Gasteiger partial charge >= 0.3 is 0 Å². The van der Waals surface area contributed by atoms with Crippen molar-refractivity contribution in [1.29, 1.82) is 0 Å². The van der Waals surface area contributed by atoms with Crippen molar-refractivity contribution in [2.24, 2.45) is 0 Å². The van der Waals surface area contributed by atoms with Gasteiger partial charge in [0.15, 0.2) is 0 Å². The number of anilines is 1. The van der Waals surface area contributed by atoms with E-state index in [0.717, 1.165) is 43.9 Å². The number of halogens is 1. The fourth-order valence-corrected chi connectivity index (χ4v) is 4.91. The van der Waals surface area contributed by atoms with Gasteiger partial charge in [0.05, 0.1) is 12.8 Å². The predicted molar refractivity (Wildman–Crippen MR) is 126 cm³/mol. The minimum absolute atomic E-state index is 0.212. The van der Waals surface area contributed by atoms with Gasteiger partial charge in [-0.05, 0) is 47.5 Å². The van der Waals surface area contributed by atoms with Gasteiger partial charge in [0.25, 0.3) is 0 Å². The van der Waals surface area contributed by atoms with Gasteiger partial charge in [-0.25, -0.2) is 4.68 Å². The Labute approximate surface area is 193 Å². The Balaban J connectivity index is 1.63. The largest absolute Gasteiger partial charge is 0.497 e. The summed E-state index contributed by atoms with van der Waals surface area (Å²) in [7, 11) is 1.68. The van der Waals surface area contributed by atoms with Gasteiger partial charge in [-0.15, -0.1) is 0 Å². The summed E-state index contributed by atoms with van der Waals surface area (Å²) in [5.41, 5.74) is 5.20. The fraction of sp³-hybridized carbons (Fsp3) is 0.120. The van der Waals surface area contributed by atoms with E-state index in [9.17, 15) is 0 Å². The second-order valence-corrected chi connectivity index (χ2v) is 8.63. The highest BCUT2D eigenvalue weighted by atomic mass is 79.9. The molecule has 2 atom stereocenters. The Kier molecular flexibility index (Phi) is 4.50. The van der Waals surface area contributed by atoms with E-state index in [2.05, 4.69) is 55.6 Å². The van der Waals surface area contributed by atoms with Crippen LogP contribution in [0.2, 0.25) is 0 Å². The van der Waals surface area contributed by atoms with Crippen LogP contribution < -0.4 is 14.8 Å². The van der Waals surface area contributed by atoms with Gasteiger partial charge in [0.2, 0.25) is 5.95 Å². The van der Waals surface area contributed by atoms with Gasteiger partial charge in [0.1, 0.15) is 30.0 Å². The molecule has 0 bridgehead atoms. The number of rotatable bonds is 3. The van der Waals surface area contributed by atoms with Crippen LogP contribution in [-0.2, 0) is 0 Å². The number of fused-ring (bicyclic) bond motifs is 3. The monoisotopic (exact) mass is 486 g/mol. The second-order valence-electron chi connectivity index (χ2n) is 7.71. The Morgan fingerprint density at radius 3 is 2.72 bits per heavy atom. The first-order valence-corrected chi connectivity index (χ1v) is 11.1. The van der Waals surface area contributed by atoms with E-state index < -0.39 is 0 Å². The topological polar surface area (TPSA) is 61.2 Å². The molecule has 32 heavy (non-hydrogen) atoms. The van der Waals surface area contributed by atoms with Gasteiger partial charge in [0, 0.05) is 15.6 Å². The van der Waals surface area contributed by atoms with Crippen LogP contribution in [0.1, 0.15) is 28.8 Å². The van der Waals surface area contributed by atoms with Crippen molar-refractivity contribution in [2.45, 2.75) is 12.1 Å². The SMILES string of the molecule is COc1cccc([C@@H]2C3=C(Nc4ncnn42)c2ccccc2O[C@H]3c2cccc(Br)c2)c1. The molecule has 1 aromatic heterocycles. The molecule has 4 aromatic rings. The van der Waals surface area contributed by atoms with Crippen LogP contribution in [0.4, 0.5) is 5.95 Å². The molecule has 6 rings (SSSR count). The highest BCUT2D eigenvalue weighted by Gasteiger charge is 2.41. The molecule has 6 nitrogen and oxygen atoms in total. The summed E-state index contributed by atoms with van der Waals surface area (Å²) >= 11 is 3.62. The number of hydrogen-bond donors (Lipinski definition) is 1. The van der Waals surface area contributed by atoms with Crippen LogP contribution in [0.25, 0.3) is 5.70 Å². The quantitative estimate of drug-likeness (QED) is 0.407. The molecule has 0 saturated carbocycles. The molecular weight excluding hydrogens is 468 g/mol. The second kappa shape index (κ2) is 7.53. The molecule has 0 spiro atoms. The molecule has 0 aliphatic carbocycles. The third kappa shape index (κ3) is 3.00. The number of nitrogens with one attached hydrogen (secondary N) is 1. The lowest BCUT2D eigenvalue weighted by Crippen LogP contribution is -2.32. The average Bonchev–Trinajstić information content (AvgIpc) is 3.30. The fourth-order valence-electron chi connectivity index (χ4n) is 4.49. The van der Waals surface area contributed by atoms with E-state index in [4.69, 9.17) is 9.47 Å². The lowest BCUT2D eigenvalue weighted by atomic mass is 9.84. The number of methoxy groups -OCH3 is 1. The molecular formula is C25H19BrN4O2. The molecule has 1 N–H and O–H groups in total. The maximum absolute atomic E-state index is 6.63. The minimum Gasteiger partial charge on any atom is -0.497 e. The van der Waals surface area contributed by atoms with Crippen molar-refractivity contribution in [3.8, 4) is 11.5 Å². The van der Waals surface area contributed by atoms with E-state index in [1.165, 1.54) is 0 Å². The van der Waals surface area contributed by atoms with Crippen molar-refractivity contribution in [3.63, 3.8) is 0 Å². The standard InChI is InChI=1S/C25H19BrN4O2/c1-31-18-9-5-6-15(13-18)23-21-22(29-25-27-14-28-30(23)25)19-10-2-3-11-20(19)32-24(21)16-7-4-8-17(26)12-16/h2-14,23-24H,1H3,(H,27,28,29)/t23-,24+/m1/s1. The first-order chi connectivity index (χ1) is 15.7. The smallest absolute Gasteiger partial charge is 0.226 e. The molecule has 7 heteroatoms. The van der Waals surface area contributed by atoms with Crippen LogP contribution in [0.5, 0.6) is 11.5 Å². The average molecular weight is 487 g/mol. The van der Waals surface area contributed by atoms with Crippen molar-refractivity contribution in [1.82, 2.24) is 14.8 Å². The van der Waals surface area contributed by atoms with Gasteiger partial charge < -0.3 is 14.8 Å². The third-order valence-corrected chi connectivity index (χ3v) is 6.38.